The molecule has 0 saturated heterocycles. The molecule has 0 radical (unpaired) electrons. The molecule has 1 unspecified atom stereocenters. The van der Waals surface area contributed by atoms with Gasteiger partial charge in [0, 0.05) is 18.1 Å². The van der Waals surface area contributed by atoms with Crippen LogP contribution in [-0.2, 0) is 0 Å². The highest BCUT2D eigenvalue weighted by atomic mass is 16.5. The van der Waals surface area contributed by atoms with Crippen LogP contribution in [0.15, 0.2) is 41.1 Å². The van der Waals surface area contributed by atoms with Crippen molar-refractivity contribution in [3.8, 4) is 11.8 Å². The van der Waals surface area contributed by atoms with E-state index in [4.69, 9.17) is 9.63 Å². The molecular formula is C16H16N2O3. The Hall–Kier alpha value is -2.58. The highest BCUT2D eigenvalue weighted by molar-refractivity contribution is 5.91. The summed E-state index contributed by atoms with van der Waals surface area (Å²) in [6.45, 7) is 1.95. The second kappa shape index (κ2) is 7.27. The first-order chi connectivity index (χ1) is 10.2. The van der Waals surface area contributed by atoms with E-state index >= 15 is 0 Å². The summed E-state index contributed by atoms with van der Waals surface area (Å²) in [6.07, 6.45) is 1.89. The molecule has 2 aromatic rings. The van der Waals surface area contributed by atoms with E-state index in [9.17, 15) is 4.79 Å². The van der Waals surface area contributed by atoms with Crippen LogP contribution in [-0.4, -0.2) is 22.8 Å². The van der Waals surface area contributed by atoms with Gasteiger partial charge in [-0.2, -0.15) is 0 Å². The van der Waals surface area contributed by atoms with Crippen molar-refractivity contribution in [1.29, 1.82) is 0 Å². The predicted molar refractivity (Wildman–Crippen MR) is 77.4 cm³/mol. The number of nitrogens with zero attached hydrogens (tertiary/aromatic N) is 1. The monoisotopic (exact) mass is 284 g/mol. The molecule has 0 fully saturated rings. The average Bonchev–Trinajstić information content (AvgIpc) is 3.02. The van der Waals surface area contributed by atoms with Crippen molar-refractivity contribution >= 4 is 5.91 Å². The van der Waals surface area contributed by atoms with Gasteiger partial charge in [-0.15, -0.1) is 0 Å². The Balaban J connectivity index is 1.98. The second-order valence-electron chi connectivity index (χ2n) is 4.47. The Bertz CT molecular complexity index is 636. The standard InChI is InChI=1S/C16H16N2O3/c1-12(18-16(20)15-9-10-17-21-15)14-7-5-13(6-8-14)4-2-3-11-19/h5-10,12,19H,3,11H2,1H3,(H,18,20). The Morgan fingerprint density at radius 3 is 2.76 bits per heavy atom. The fourth-order valence-electron chi connectivity index (χ4n) is 1.76. The van der Waals surface area contributed by atoms with Crippen LogP contribution in [0.1, 0.15) is 41.1 Å². The summed E-state index contributed by atoms with van der Waals surface area (Å²) in [7, 11) is 0. The Labute approximate surface area is 123 Å². The lowest BCUT2D eigenvalue weighted by molar-refractivity contribution is 0.0902. The second-order valence-corrected chi connectivity index (χ2v) is 4.47. The average molecular weight is 284 g/mol. The van der Waals surface area contributed by atoms with E-state index in [0.29, 0.717) is 6.42 Å². The van der Waals surface area contributed by atoms with E-state index in [1.165, 1.54) is 12.3 Å². The lowest BCUT2D eigenvalue weighted by atomic mass is 10.1. The molecule has 1 heterocycles. The van der Waals surface area contributed by atoms with Gasteiger partial charge in [-0.05, 0) is 24.6 Å². The Morgan fingerprint density at radius 2 is 2.14 bits per heavy atom. The summed E-state index contributed by atoms with van der Waals surface area (Å²) in [6, 6.07) is 8.96. The first-order valence-corrected chi connectivity index (χ1v) is 6.62. The maximum Gasteiger partial charge on any atom is 0.290 e. The smallest absolute Gasteiger partial charge is 0.290 e. The van der Waals surface area contributed by atoms with Crippen LogP contribution in [0.25, 0.3) is 0 Å². The van der Waals surface area contributed by atoms with Crippen LogP contribution in [0.5, 0.6) is 0 Å². The van der Waals surface area contributed by atoms with Crippen LogP contribution < -0.4 is 5.32 Å². The third-order valence-electron chi connectivity index (χ3n) is 2.89. The van der Waals surface area contributed by atoms with Crippen LogP contribution in [0.3, 0.4) is 0 Å². The molecule has 5 heteroatoms. The van der Waals surface area contributed by atoms with Crippen molar-refractivity contribution in [2.45, 2.75) is 19.4 Å². The fraction of sp³-hybridized carbons (Fsp3) is 0.250. The molecule has 108 valence electrons. The molecule has 0 bridgehead atoms. The number of aliphatic hydroxyl groups excluding tert-OH is 1. The number of amides is 1. The summed E-state index contributed by atoms with van der Waals surface area (Å²) in [5.74, 6) is 5.70. The number of nitrogens with one attached hydrogen (secondary N) is 1. The molecule has 0 aliphatic carbocycles. The quantitative estimate of drug-likeness (QED) is 0.841. The molecule has 1 amide bonds. The molecule has 1 atom stereocenters. The third-order valence-corrected chi connectivity index (χ3v) is 2.89. The van der Waals surface area contributed by atoms with Gasteiger partial charge in [0.15, 0.2) is 0 Å². The zero-order valence-electron chi connectivity index (χ0n) is 11.7. The van der Waals surface area contributed by atoms with Crippen LogP contribution in [0, 0.1) is 11.8 Å². The number of hydrogen-bond donors (Lipinski definition) is 2. The molecule has 0 aliphatic rings. The van der Waals surface area contributed by atoms with Gasteiger partial charge >= 0.3 is 0 Å². The molecule has 2 rings (SSSR count). The number of carbonyl (C=O) groups excluding carboxylic acids is 1. The third kappa shape index (κ3) is 4.20. The summed E-state index contributed by atoms with van der Waals surface area (Å²) in [5.41, 5.74) is 1.84. The van der Waals surface area contributed by atoms with Crippen molar-refractivity contribution < 1.29 is 14.4 Å². The van der Waals surface area contributed by atoms with Gasteiger partial charge < -0.3 is 14.9 Å². The van der Waals surface area contributed by atoms with Gasteiger partial charge in [-0.3, -0.25) is 4.79 Å². The lowest BCUT2D eigenvalue weighted by Crippen LogP contribution is -2.26. The van der Waals surface area contributed by atoms with Gasteiger partial charge in [0.2, 0.25) is 5.76 Å². The zero-order valence-corrected chi connectivity index (χ0v) is 11.7. The largest absolute Gasteiger partial charge is 0.395 e. The molecule has 1 aromatic heterocycles. The minimum Gasteiger partial charge on any atom is -0.395 e. The Morgan fingerprint density at radius 1 is 1.38 bits per heavy atom. The fourth-order valence-corrected chi connectivity index (χ4v) is 1.76. The number of aliphatic hydroxyl groups is 1. The van der Waals surface area contributed by atoms with E-state index in [2.05, 4.69) is 22.3 Å². The summed E-state index contributed by atoms with van der Waals surface area (Å²) in [4.78, 5) is 11.8. The summed E-state index contributed by atoms with van der Waals surface area (Å²) < 4.78 is 4.81. The maximum absolute atomic E-state index is 11.8. The maximum atomic E-state index is 11.8. The SMILES string of the molecule is CC(NC(=O)c1ccno1)c1ccc(C#CCCO)cc1. The first-order valence-electron chi connectivity index (χ1n) is 6.62. The lowest BCUT2D eigenvalue weighted by Gasteiger charge is -2.13. The van der Waals surface area contributed by atoms with Gasteiger partial charge in [0.05, 0.1) is 18.8 Å². The number of carbonyl (C=O) groups is 1. The molecule has 0 saturated carbocycles. The van der Waals surface area contributed by atoms with E-state index in [1.807, 2.05) is 31.2 Å². The van der Waals surface area contributed by atoms with Crippen molar-refractivity contribution in [1.82, 2.24) is 10.5 Å². The molecular weight excluding hydrogens is 268 g/mol. The van der Waals surface area contributed by atoms with Crippen molar-refractivity contribution in [3.63, 3.8) is 0 Å². The van der Waals surface area contributed by atoms with E-state index < -0.39 is 0 Å². The summed E-state index contributed by atoms with van der Waals surface area (Å²) >= 11 is 0. The zero-order chi connectivity index (χ0) is 15.1. The molecule has 0 spiro atoms. The van der Waals surface area contributed by atoms with E-state index in [-0.39, 0.29) is 24.3 Å². The number of hydrogen-bond acceptors (Lipinski definition) is 4. The van der Waals surface area contributed by atoms with Crippen LogP contribution in [0.4, 0.5) is 0 Å². The highest BCUT2D eigenvalue weighted by Gasteiger charge is 2.13. The van der Waals surface area contributed by atoms with Crippen molar-refractivity contribution in [2.24, 2.45) is 0 Å². The van der Waals surface area contributed by atoms with E-state index in [0.717, 1.165) is 11.1 Å². The number of aromatic nitrogens is 1. The Kier molecular flexibility index (Phi) is 5.13. The topological polar surface area (TPSA) is 75.4 Å². The normalized spacial score (nSPS) is 11.3. The van der Waals surface area contributed by atoms with Gasteiger partial charge in [-0.25, -0.2) is 0 Å². The predicted octanol–water partition coefficient (Wildman–Crippen LogP) is 1.90. The minimum absolute atomic E-state index is 0.0653. The number of benzene rings is 1. The highest BCUT2D eigenvalue weighted by Crippen LogP contribution is 2.14. The molecule has 0 aliphatic heterocycles. The van der Waals surface area contributed by atoms with E-state index in [1.54, 1.807) is 0 Å². The van der Waals surface area contributed by atoms with Crippen molar-refractivity contribution in [3.05, 3.63) is 53.4 Å². The molecule has 21 heavy (non-hydrogen) atoms. The van der Waals surface area contributed by atoms with Gasteiger partial charge in [0.1, 0.15) is 0 Å². The van der Waals surface area contributed by atoms with Crippen LogP contribution in [0.2, 0.25) is 0 Å². The van der Waals surface area contributed by atoms with Crippen LogP contribution >= 0.6 is 0 Å². The van der Waals surface area contributed by atoms with Crippen molar-refractivity contribution in [2.75, 3.05) is 6.61 Å². The minimum atomic E-state index is -0.299. The van der Waals surface area contributed by atoms with Gasteiger partial charge in [-0.1, -0.05) is 29.1 Å². The number of rotatable bonds is 4. The molecule has 5 nitrogen and oxygen atoms in total. The molecule has 2 N–H and O–H groups in total. The first kappa shape index (κ1) is 14.8. The van der Waals surface area contributed by atoms with Gasteiger partial charge in [0.25, 0.3) is 5.91 Å². The summed E-state index contributed by atoms with van der Waals surface area (Å²) in [5, 5.41) is 15.0. The molecule has 1 aromatic carbocycles.